The maximum atomic E-state index is 13.3. The second-order valence-corrected chi connectivity index (χ2v) is 9.36. The number of benzene rings is 2. The van der Waals surface area contributed by atoms with Crippen molar-refractivity contribution in [2.45, 2.75) is 12.7 Å². The Balaban J connectivity index is 1.42. The van der Waals surface area contributed by atoms with Gasteiger partial charge in [-0.15, -0.1) is 0 Å². The maximum absolute atomic E-state index is 13.3. The molecule has 33 heavy (non-hydrogen) atoms. The number of hydrogen-bond acceptors (Lipinski definition) is 7. The van der Waals surface area contributed by atoms with Crippen LogP contribution in [0.15, 0.2) is 48.5 Å². The summed E-state index contributed by atoms with van der Waals surface area (Å²) in [5, 5.41) is 3.20. The number of aryl methyl sites for hydroxylation is 1. The van der Waals surface area contributed by atoms with Gasteiger partial charge in [-0.1, -0.05) is 0 Å². The van der Waals surface area contributed by atoms with E-state index in [4.69, 9.17) is 4.74 Å². The monoisotopic (exact) mass is 475 g/mol. The van der Waals surface area contributed by atoms with E-state index in [0.29, 0.717) is 42.4 Å². The highest BCUT2D eigenvalue weighted by atomic mass is 32.2. The first kappa shape index (κ1) is 22.9. The first-order chi connectivity index (χ1) is 15.8. The number of sulfonamides is 1. The van der Waals surface area contributed by atoms with Gasteiger partial charge in [-0.25, -0.2) is 22.2 Å². The van der Waals surface area contributed by atoms with Crippen molar-refractivity contribution in [3.63, 3.8) is 0 Å². The highest BCUT2D eigenvalue weighted by molar-refractivity contribution is 7.91. The Bertz CT molecular complexity index is 1210. The van der Waals surface area contributed by atoms with E-state index in [1.165, 1.54) is 0 Å². The summed E-state index contributed by atoms with van der Waals surface area (Å²) >= 11 is 0. The molecule has 1 aromatic heterocycles. The van der Waals surface area contributed by atoms with E-state index in [0.717, 1.165) is 30.9 Å². The summed E-state index contributed by atoms with van der Waals surface area (Å²) in [7, 11) is -3.86. The van der Waals surface area contributed by atoms with Gasteiger partial charge in [0.2, 0.25) is 16.0 Å². The Hall–Kier alpha value is -3.31. The molecule has 2 heterocycles. The number of nitrogens with zero attached hydrogens (tertiary/aromatic N) is 3. The molecule has 3 aromatic rings. The average molecular weight is 476 g/mol. The molecule has 11 heteroatoms. The molecule has 0 amide bonds. The minimum atomic E-state index is -3.86. The highest BCUT2D eigenvalue weighted by Gasteiger charge is 2.16. The topological polar surface area (TPSA) is 96.5 Å². The van der Waals surface area contributed by atoms with E-state index in [1.54, 1.807) is 24.3 Å². The van der Waals surface area contributed by atoms with E-state index >= 15 is 0 Å². The van der Waals surface area contributed by atoms with Gasteiger partial charge < -0.3 is 15.0 Å². The molecule has 1 fully saturated rings. The summed E-state index contributed by atoms with van der Waals surface area (Å²) in [5.74, 6) is -0.962. The minimum Gasteiger partial charge on any atom is -0.378 e. The zero-order chi connectivity index (χ0) is 23.4. The standard InChI is InChI=1S/C22H23F2N5O3S/c1-15-10-21(27-22(25-15)29-6-8-32-9-7-29)26-19-2-4-20(5-3-19)28-33(30,31)14-16-11-17(23)13-18(24)12-16/h2-5,10-13,28H,6-9,14H2,1H3,(H,25,26,27). The van der Waals surface area contributed by atoms with Crippen molar-refractivity contribution in [2.24, 2.45) is 0 Å². The molecule has 174 valence electrons. The first-order valence-corrected chi connectivity index (χ1v) is 11.9. The van der Waals surface area contributed by atoms with Crippen molar-refractivity contribution in [3.05, 3.63) is 71.4 Å². The van der Waals surface area contributed by atoms with Crippen LogP contribution in [0.5, 0.6) is 0 Å². The molecule has 4 rings (SSSR count). The third-order valence-electron chi connectivity index (χ3n) is 4.85. The summed E-state index contributed by atoms with van der Waals surface area (Å²) in [6, 6.07) is 11.1. The molecule has 2 N–H and O–H groups in total. The van der Waals surface area contributed by atoms with Crippen molar-refractivity contribution >= 4 is 33.2 Å². The second-order valence-electron chi connectivity index (χ2n) is 7.64. The third kappa shape index (κ3) is 6.36. The summed E-state index contributed by atoms with van der Waals surface area (Å²) in [6.07, 6.45) is 0. The van der Waals surface area contributed by atoms with Crippen molar-refractivity contribution in [1.29, 1.82) is 0 Å². The molecule has 2 aromatic carbocycles. The fraction of sp³-hybridized carbons (Fsp3) is 0.273. The number of halogens is 2. The van der Waals surface area contributed by atoms with Crippen LogP contribution in [0.3, 0.4) is 0 Å². The smallest absolute Gasteiger partial charge is 0.236 e. The predicted octanol–water partition coefficient (Wildman–Crippen LogP) is 3.59. The largest absolute Gasteiger partial charge is 0.378 e. The van der Waals surface area contributed by atoms with Gasteiger partial charge >= 0.3 is 0 Å². The number of hydrogen-bond donors (Lipinski definition) is 2. The van der Waals surface area contributed by atoms with Gasteiger partial charge in [0.15, 0.2) is 0 Å². The number of morpholine rings is 1. The number of rotatable bonds is 7. The molecule has 1 saturated heterocycles. The zero-order valence-electron chi connectivity index (χ0n) is 17.9. The van der Waals surface area contributed by atoms with Gasteiger partial charge in [-0.2, -0.15) is 4.98 Å². The van der Waals surface area contributed by atoms with Crippen LogP contribution in [-0.2, 0) is 20.5 Å². The normalized spacial score (nSPS) is 14.2. The lowest BCUT2D eigenvalue weighted by atomic mass is 10.2. The minimum absolute atomic E-state index is 0.0218. The number of aromatic nitrogens is 2. The lowest BCUT2D eigenvalue weighted by molar-refractivity contribution is 0.122. The Labute approximate surface area is 190 Å². The van der Waals surface area contributed by atoms with Crippen LogP contribution in [0.4, 0.5) is 31.9 Å². The van der Waals surface area contributed by atoms with Gasteiger partial charge in [0, 0.05) is 42.3 Å². The molecule has 0 aliphatic carbocycles. The summed E-state index contributed by atoms with van der Waals surface area (Å²) in [4.78, 5) is 11.1. The summed E-state index contributed by atoms with van der Waals surface area (Å²) in [5.41, 5.74) is 1.86. The van der Waals surface area contributed by atoms with E-state index in [1.807, 2.05) is 13.0 Å². The van der Waals surface area contributed by atoms with E-state index in [2.05, 4.69) is 24.9 Å². The first-order valence-electron chi connectivity index (χ1n) is 10.3. The molecule has 0 radical (unpaired) electrons. The fourth-order valence-corrected chi connectivity index (χ4v) is 4.59. The third-order valence-corrected chi connectivity index (χ3v) is 6.11. The Morgan fingerprint density at radius 3 is 2.27 bits per heavy atom. The molecule has 0 unspecified atom stereocenters. The van der Waals surface area contributed by atoms with Gasteiger partial charge in [0.1, 0.15) is 17.5 Å². The van der Waals surface area contributed by atoms with Crippen LogP contribution in [-0.4, -0.2) is 44.7 Å². The number of nitrogens with one attached hydrogen (secondary N) is 2. The van der Waals surface area contributed by atoms with Crippen molar-refractivity contribution in [3.8, 4) is 0 Å². The van der Waals surface area contributed by atoms with Crippen LogP contribution in [0, 0.1) is 18.6 Å². The van der Waals surface area contributed by atoms with Gasteiger partial charge in [-0.3, -0.25) is 4.72 Å². The van der Waals surface area contributed by atoms with E-state index in [9.17, 15) is 17.2 Å². The predicted molar refractivity (Wildman–Crippen MR) is 122 cm³/mol. The highest BCUT2D eigenvalue weighted by Crippen LogP contribution is 2.22. The Morgan fingerprint density at radius 1 is 0.970 bits per heavy atom. The molecular weight excluding hydrogens is 452 g/mol. The second kappa shape index (κ2) is 9.67. The van der Waals surface area contributed by atoms with Crippen LogP contribution in [0.1, 0.15) is 11.3 Å². The molecular formula is C22H23F2N5O3S. The molecule has 1 aliphatic heterocycles. The molecule has 8 nitrogen and oxygen atoms in total. The van der Waals surface area contributed by atoms with Crippen molar-refractivity contribution in [2.75, 3.05) is 41.2 Å². The Kier molecular flexibility index (Phi) is 6.70. The molecule has 1 aliphatic rings. The molecule has 0 bridgehead atoms. The summed E-state index contributed by atoms with van der Waals surface area (Å²) in [6.45, 7) is 4.59. The average Bonchev–Trinajstić information content (AvgIpc) is 2.74. The quantitative estimate of drug-likeness (QED) is 0.539. The maximum Gasteiger partial charge on any atom is 0.236 e. The van der Waals surface area contributed by atoms with Crippen LogP contribution in [0.2, 0.25) is 0 Å². The fourth-order valence-electron chi connectivity index (χ4n) is 3.42. The molecule has 0 atom stereocenters. The lowest BCUT2D eigenvalue weighted by Gasteiger charge is -2.27. The Morgan fingerprint density at radius 2 is 1.61 bits per heavy atom. The zero-order valence-corrected chi connectivity index (χ0v) is 18.7. The number of anilines is 4. The molecule has 0 spiro atoms. The SMILES string of the molecule is Cc1cc(Nc2ccc(NS(=O)(=O)Cc3cc(F)cc(F)c3)cc2)nc(N2CCOCC2)n1. The van der Waals surface area contributed by atoms with Gasteiger partial charge in [0.25, 0.3) is 0 Å². The van der Waals surface area contributed by atoms with E-state index < -0.39 is 27.4 Å². The van der Waals surface area contributed by atoms with Gasteiger partial charge in [-0.05, 0) is 48.9 Å². The van der Waals surface area contributed by atoms with Gasteiger partial charge in [0.05, 0.1) is 19.0 Å². The summed E-state index contributed by atoms with van der Waals surface area (Å²) < 4.78 is 59.2. The molecule has 0 saturated carbocycles. The van der Waals surface area contributed by atoms with Crippen molar-refractivity contribution < 1.29 is 21.9 Å². The van der Waals surface area contributed by atoms with Crippen LogP contribution < -0.4 is 14.9 Å². The van der Waals surface area contributed by atoms with Crippen LogP contribution in [0.25, 0.3) is 0 Å². The number of ether oxygens (including phenoxy) is 1. The van der Waals surface area contributed by atoms with Crippen LogP contribution >= 0.6 is 0 Å². The van der Waals surface area contributed by atoms with Crippen molar-refractivity contribution in [1.82, 2.24) is 9.97 Å². The lowest BCUT2D eigenvalue weighted by Crippen LogP contribution is -2.37. The van der Waals surface area contributed by atoms with E-state index in [-0.39, 0.29) is 5.56 Å².